The molecule has 0 saturated heterocycles. The van der Waals surface area contributed by atoms with Gasteiger partial charge in [0.05, 0.1) is 27.5 Å². The van der Waals surface area contributed by atoms with E-state index in [4.69, 9.17) is 23.2 Å². The number of rotatable bonds is 2. The molecule has 2 nitrogen and oxygen atoms in total. The number of aromatic amines is 1. The van der Waals surface area contributed by atoms with E-state index in [1.165, 1.54) is 18.3 Å². The van der Waals surface area contributed by atoms with Gasteiger partial charge in [0.15, 0.2) is 0 Å². The number of H-pyrrole nitrogens is 1. The first-order valence-corrected chi connectivity index (χ1v) is 6.76. The molecule has 106 valence electrons. The molecule has 0 bridgehead atoms. The Bertz CT molecular complexity index is 795. The lowest BCUT2D eigenvalue weighted by Crippen LogP contribution is -1.87. The first-order chi connectivity index (χ1) is 10.1. The van der Waals surface area contributed by atoms with E-state index in [-0.39, 0.29) is 5.56 Å². The summed E-state index contributed by atoms with van der Waals surface area (Å²) in [7, 11) is 0. The maximum atomic E-state index is 13.8. The fourth-order valence-electron chi connectivity index (χ4n) is 2.02. The lowest BCUT2D eigenvalue weighted by atomic mass is 10.1. The third kappa shape index (κ3) is 2.64. The molecule has 3 rings (SSSR count). The van der Waals surface area contributed by atoms with E-state index >= 15 is 0 Å². The van der Waals surface area contributed by atoms with Crippen LogP contribution in [0, 0.1) is 11.6 Å². The fraction of sp³-hybridized carbons (Fsp3) is 0. The number of nitrogens with one attached hydrogen (secondary N) is 1. The van der Waals surface area contributed by atoms with Crippen LogP contribution in [-0.2, 0) is 0 Å². The highest BCUT2D eigenvalue weighted by molar-refractivity contribution is 6.38. The zero-order chi connectivity index (χ0) is 15.0. The van der Waals surface area contributed by atoms with Gasteiger partial charge in [-0.2, -0.15) is 0 Å². The number of benzene rings is 2. The average Bonchev–Trinajstić information content (AvgIpc) is 2.87. The Morgan fingerprint density at radius 2 is 1.71 bits per heavy atom. The van der Waals surface area contributed by atoms with Gasteiger partial charge in [-0.25, -0.2) is 13.8 Å². The Labute approximate surface area is 129 Å². The zero-order valence-corrected chi connectivity index (χ0v) is 12.0. The second-order valence-electron chi connectivity index (χ2n) is 4.37. The van der Waals surface area contributed by atoms with Crippen LogP contribution < -0.4 is 0 Å². The van der Waals surface area contributed by atoms with Gasteiger partial charge in [0.1, 0.15) is 17.5 Å². The Morgan fingerprint density at radius 1 is 1.00 bits per heavy atom. The maximum absolute atomic E-state index is 13.8. The third-order valence-electron chi connectivity index (χ3n) is 3.00. The summed E-state index contributed by atoms with van der Waals surface area (Å²) in [5, 5.41) is 0.867. The molecule has 0 aliphatic carbocycles. The number of hydrogen-bond acceptors (Lipinski definition) is 1. The van der Waals surface area contributed by atoms with Gasteiger partial charge in [-0.3, -0.25) is 0 Å². The van der Waals surface area contributed by atoms with Crippen LogP contribution in [0.15, 0.2) is 42.6 Å². The molecule has 0 amide bonds. The van der Waals surface area contributed by atoms with Crippen molar-refractivity contribution in [2.24, 2.45) is 0 Å². The Hall–Kier alpha value is -1.91. The van der Waals surface area contributed by atoms with Gasteiger partial charge in [-0.1, -0.05) is 29.3 Å². The molecule has 0 saturated carbocycles. The van der Waals surface area contributed by atoms with Gasteiger partial charge in [0.25, 0.3) is 0 Å². The Morgan fingerprint density at radius 3 is 2.38 bits per heavy atom. The number of aromatic nitrogens is 2. The van der Waals surface area contributed by atoms with E-state index in [0.717, 1.165) is 6.07 Å². The molecule has 6 heteroatoms. The van der Waals surface area contributed by atoms with Crippen LogP contribution in [0.2, 0.25) is 10.0 Å². The summed E-state index contributed by atoms with van der Waals surface area (Å²) in [6, 6.07) is 8.43. The summed E-state index contributed by atoms with van der Waals surface area (Å²) in [6.07, 6.45) is 1.45. The van der Waals surface area contributed by atoms with Crippen LogP contribution >= 0.6 is 23.2 Å². The monoisotopic (exact) mass is 324 g/mol. The largest absolute Gasteiger partial charge is 0.338 e. The third-order valence-corrected chi connectivity index (χ3v) is 3.63. The van der Waals surface area contributed by atoms with E-state index in [9.17, 15) is 8.78 Å². The molecular weight excluding hydrogens is 317 g/mol. The number of halogens is 4. The van der Waals surface area contributed by atoms with E-state index in [2.05, 4.69) is 9.97 Å². The summed E-state index contributed by atoms with van der Waals surface area (Å²) in [5.74, 6) is -0.884. The predicted molar refractivity (Wildman–Crippen MR) is 79.4 cm³/mol. The molecule has 0 atom stereocenters. The summed E-state index contributed by atoms with van der Waals surface area (Å²) < 4.78 is 26.7. The topological polar surface area (TPSA) is 28.7 Å². The molecule has 2 aromatic carbocycles. The molecule has 0 aliphatic rings. The minimum absolute atomic E-state index is 0.221. The van der Waals surface area contributed by atoms with E-state index in [0.29, 0.717) is 27.1 Å². The standard InChI is InChI=1S/C15H8Cl2F2N2/c16-10-2-1-3-11(17)14(10)15-20-7-13(21-15)9-5-4-8(18)6-12(9)19/h1-7H,(H,20,21). The molecule has 0 radical (unpaired) electrons. The average molecular weight is 325 g/mol. The van der Waals surface area contributed by atoms with Gasteiger partial charge >= 0.3 is 0 Å². The SMILES string of the molecule is Fc1ccc(-c2cnc(-c3c(Cl)cccc3Cl)[nH]2)c(F)c1. The summed E-state index contributed by atoms with van der Waals surface area (Å²) in [6.45, 7) is 0. The molecule has 1 heterocycles. The van der Waals surface area contributed by atoms with Gasteiger partial charge < -0.3 is 4.98 Å². The van der Waals surface area contributed by atoms with Gasteiger partial charge in [-0.05, 0) is 24.3 Å². The minimum Gasteiger partial charge on any atom is -0.338 e. The molecule has 0 unspecified atom stereocenters. The number of hydrogen-bond donors (Lipinski definition) is 1. The van der Waals surface area contributed by atoms with Gasteiger partial charge in [-0.15, -0.1) is 0 Å². The Balaban J connectivity index is 2.08. The van der Waals surface area contributed by atoms with Crippen LogP contribution in [0.5, 0.6) is 0 Å². The van der Waals surface area contributed by atoms with Crippen molar-refractivity contribution in [3.63, 3.8) is 0 Å². The highest BCUT2D eigenvalue weighted by atomic mass is 35.5. The normalized spacial score (nSPS) is 10.9. The second kappa shape index (κ2) is 5.47. The van der Waals surface area contributed by atoms with Crippen LogP contribution in [0.1, 0.15) is 0 Å². The van der Waals surface area contributed by atoms with Crippen LogP contribution in [0.4, 0.5) is 8.78 Å². The Kier molecular flexibility index (Phi) is 3.66. The first kappa shape index (κ1) is 14.0. The van der Waals surface area contributed by atoms with Crippen molar-refractivity contribution in [2.75, 3.05) is 0 Å². The second-order valence-corrected chi connectivity index (χ2v) is 5.18. The van der Waals surface area contributed by atoms with E-state index in [1.807, 2.05) is 0 Å². The van der Waals surface area contributed by atoms with Crippen molar-refractivity contribution < 1.29 is 8.78 Å². The summed E-state index contributed by atoms with van der Waals surface area (Å²) >= 11 is 12.2. The maximum Gasteiger partial charge on any atom is 0.140 e. The first-order valence-electron chi connectivity index (χ1n) is 6.01. The minimum atomic E-state index is -0.671. The van der Waals surface area contributed by atoms with Crippen LogP contribution in [0.3, 0.4) is 0 Å². The van der Waals surface area contributed by atoms with Crippen molar-refractivity contribution in [3.05, 3.63) is 64.3 Å². The molecule has 1 aromatic heterocycles. The smallest absolute Gasteiger partial charge is 0.140 e. The van der Waals surface area contributed by atoms with Gasteiger partial charge in [0, 0.05) is 11.6 Å². The molecule has 0 spiro atoms. The number of nitrogens with zero attached hydrogens (tertiary/aromatic N) is 1. The van der Waals surface area contributed by atoms with Crippen molar-refractivity contribution in [3.8, 4) is 22.6 Å². The molecule has 0 aliphatic heterocycles. The van der Waals surface area contributed by atoms with Crippen molar-refractivity contribution in [2.45, 2.75) is 0 Å². The number of imidazole rings is 1. The molecule has 3 aromatic rings. The van der Waals surface area contributed by atoms with E-state index < -0.39 is 11.6 Å². The highest BCUT2D eigenvalue weighted by Gasteiger charge is 2.14. The fourth-order valence-corrected chi connectivity index (χ4v) is 2.59. The lowest BCUT2D eigenvalue weighted by molar-refractivity contribution is 0.585. The molecule has 1 N–H and O–H groups in total. The van der Waals surface area contributed by atoms with Gasteiger partial charge in [0.2, 0.25) is 0 Å². The molecule has 0 fully saturated rings. The van der Waals surface area contributed by atoms with Crippen LogP contribution in [-0.4, -0.2) is 9.97 Å². The van der Waals surface area contributed by atoms with Crippen LogP contribution in [0.25, 0.3) is 22.6 Å². The molecular formula is C15H8Cl2F2N2. The van der Waals surface area contributed by atoms with Crippen molar-refractivity contribution in [1.82, 2.24) is 9.97 Å². The lowest BCUT2D eigenvalue weighted by Gasteiger charge is -2.03. The molecule has 21 heavy (non-hydrogen) atoms. The summed E-state index contributed by atoms with van der Waals surface area (Å²) in [4.78, 5) is 7.11. The zero-order valence-electron chi connectivity index (χ0n) is 10.5. The summed E-state index contributed by atoms with van der Waals surface area (Å²) in [5.41, 5.74) is 1.17. The van der Waals surface area contributed by atoms with Crippen molar-refractivity contribution >= 4 is 23.2 Å². The van der Waals surface area contributed by atoms with Crippen molar-refractivity contribution in [1.29, 1.82) is 0 Å². The predicted octanol–water partition coefficient (Wildman–Crippen LogP) is 5.33. The van der Waals surface area contributed by atoms with E-state index in [1.54, 1.807) is 18.2 Å². The quantitative estimate of drug-likeness (QED) is 0.678. The highest BCUT2D eigenvalue weighted by Crippen LogP contribution is 2.34.